The average Bonchev–Trinajstić information content (AvgIpc) is 3.16. The molecule has 2 saturated heterocycles. The highest BCUT2D eigenvalue weighted by atomic mass is 16.3. The third kappa shape index (κ3) is 3.65. The first-order valence-corrected chi connectivity index (χ1v) is 9.17. The van der Waals surface area contributed by atoms with Gasteiger partial charge in [0.2, 0.25) is 0 Å². The Morgan fingerprint density at radius 3 is 2.25 bits per heavy atom. The molecule has 4 heteroatoms. The van der Waals surface area contributed by atoms with Crippen LogP contribution in [0.25, 0.3) is 0 Å². The molecule has 1 aromatic heterocycles. The Hall–Kier alpha value is -1.78. The first kappa shape index (κ1) is 15.7. The minimum absolute atomic E-state index is 0.760. The summed E-state index contributed by atoms with van der Waals surface area (Å²) in [7, 11) is 0. The Balaban J connectivity index is 1.24. The van der Waals surface area contributed by atoms with Crippen molar-refractivity contribution >= 4 is 5.69 Å². The summed E-state index contributed by atoms with van der Waals surface area (Å²) >= 11 is 0. The maximum absolute atomic E-state index is 5.48. The number of benzene rings is 1. The number of anilines is 1. The Morgan fingerprint density at radius 2 is 1.58 bits per heavy atom. The van der Waals surface area contributed by atoms with Gasteiger partial charge in [-0.1, -0.05) is 18.2 Å². The summed E-state index contributed by atoms with van der Waals surface area (Å²) in [5, 5.41) is 0. The van der Waals surface area contributed by atoms with E-state index in [0.717, 1.165) is 31.4 Å². The maximum atomic E-state index is 5.48. The molecule has 0 bridgehead atoms. The Labute approximate surface area is 144 Å². The molecule has 4 rings (SSSR count). The Bertz CT molecular complexity index is 597. The second kappa shape index (κ2) is 7.41. The lowest BCUT2D eigenvalue weighted by atomic mass is 10.0. The van der Waals surface area contributed by atoms with Crippen molar-refractivity contribution in [1.82, 2.24) is 9.80 Å². The highest BCUT2D eigenvalue weighted by Crippen LogP contribution is 2.22. The minimum atomic E-state index is 0.760. The highest BCUT2D eigenvalue weighted by Gasteiger charge is 2.27. The lowest BCUT2D eigenvalue weighted by Crippen LogP contribution is -2.53. The van der Waals surface area contributed by atoms with Gasteiger partial charge in [-0.3, -0.25) is 9.80 Å². The van der Waals surface area contributed by atoms with Crippen LogP contribution in [-0.4, -0.2) is 55.1 Å². The van der Waals surface area contributed by atoms with Crippen LogP contribution in [0.15, 0.2) is 53.1 Å². The normalized spacial score (nSPS) is 21.2. The maximum Gasteiger partial charge on any atom is 0.117 e. The summed E-state index contributed by atoms with van der Waals surface area (Å²) in [6.07, 6.45) is 4.34. The number of nitrogens with zero attached hydrogens (tertiary/aromatic N) is 3. The molecule has 2 fully saturated rings. The standard InChI is InChI=1S/C20H27N3O/c1-2-5-18(6-3-1)22-12-14-23(15-13-22)19-8-10-21(11-9-19)17-20-7-4-16-24-20/h1-7,16,19H,8-15,17H2. The van der Waals surface area contributed by atoms with Crippen LogP contribution in [0.3, 0.4) is 0 Å². The van der Waals surface area contributed by atoms with Crippen molar-refractivity contribution in [2.45, 2.75) is 25.4 Å². The molecule has 2 aromatic rings. The zero-order valence-corrected chi connectivity index (χ0v) is 14.3. The Morgan fingerprint density at radius 1 is 0.833 bits per heavy atom. The third-order valence-corrected chi connectivity index (χ3v) is 5.47. The summed E-state index contributed by atoms with van der Waals surface area (Å²) in [5.41, 5.74) is 1.37. The van der Waals surface area contributed by atoms with E-state index in [1.807, 2.05) is 6.07 Å². The van der Waals surface area contributed by atoms with Crippen LogP contribution in [0.1, 0.15) is 18.6 Å². The largest absolute Gasteiger partial charge is 0.468 e. The van der Waals surface area contributed by atoms with E-state index < -0.39 is 0 Å². The number of para-hydroxylation sites is 1. The predicted octanol–water partition coefficient (Wildman–Crippen LogP) is 3.07. The van der Waals surface area contributed by atoms with Crippen molar-refractivity contribution in [3.63, 3.8) is 0 Å². The van der Waals surface area contributed by atoms with Crippen LogP contribution >= 0.6 is 0 Å². The molecule has 24 heavy (non-hydrogen) atoms. The van der Waals surface area contributed by atoms with Crippen molar-refractivity contribution in [3.05, 3.63) is 54.5 Å². The van der Waals surface area contributed by atoms with Crippen LogP contribution < -0.4 is 4.90 Å². The van der Waals surface area contributed by atoms with E-state index in [1.165, 1.54) is 44.7 Å². The van der Waals surface area contributed by atoms with Crippen molar-refractivity contribution in [2.75, 3.05) is 44.2 Å². The second-order valence-electron chi connectivity index (χ2n) is 6.95. The van der Waals surface area contributed by atoms with Gasteiger partial charge in [0.25, 0.3) is 0 Å². The fourth-order valence-electron chi connectivity index (χ4n) is 4.05. The van der Waals surface area contributed by atoms with Crippen LogP contribution in [0.4, 0.5) is 5.69 Å². The summed E-state index contributed by atoms with van der Waals surface area (Å²) < 4.78 is 5.48. The molecular formula is C20H27N3O. The molecule has 0 radical (unpaired) electrons. The number of hydrogen-bond acceptors (Lipinski definition) is 4. The SMILES string of the molecule is c1ccc(N2CCN(C3CCN(Cc4ccco4)CC3)CC2)cc1. The molecule has 2 aliphatic heterocycles. The van der Waals surface area contributed by atoms with Crippen LogP contribution in [0.2, 0.25) is 0 Å². The van der Waals surface area contributed by atoms with E-state index in [4.69, 9.17) is 4.42 Å². The van der Waals surface area contributed by atoms with E-state index in [0.29, 0.717) is 0 Å². The van der Waals surface area contributed by atoms with E-state index in [2.05, 4.69) is 51.1 Å². The first-order chi connectivity index (χ1) is 11.9. The Kier molecular flexibility index (Phi) is 4.86. The van der Waals surface area contributed by atoms with Crippen molar-refractivity contribution in [2.24, 2.45) is 0 Å². The smallest absolute Gasteiger partial charge is 0.117 e. The molecule has 0 saturated carbocycles. The van der Waals surface area contributed by atoms with Crippen molar-refractivity contribution < 1.29 is 4.42 Å². The zero-order valence-electron chi connectivity index (χ0n) is 14.3. The van der Waals surface area contributed by atoms with Gasteiger partial charge in [0.15, 0.2) is 0 Å². The number of likely N-dealkylation sites (tertiary alicyclic amines) is 1. The molecule has 2 aliphatic rings. The van der Waals surface area contributed by atoms with Crippen LogP contribution in [-0.2, 0) is 6.54 Å². The molecule has 0 unspecified atom stereocenters. The number of hydrogen-bond donors (Lipinski definition) is 0. The van der Waals surface area contributed by atoms with Gasteiger partial charge in [0.05, 0.1) is 12.8 Å². The second-order valence-corrected chi connectivity index (χ2v) is 6.95. The molecule has 0 spiro atoms. The van der Waals surface area contributed by atoms with Crippen LogP contribution in [0.5, 0.6) is 0 Å². The molecule has 0 N–H and O–H groups in total. The number of piperidine rings is 1. The fourth-order valence-corrected chi connectivity index (χ4v) is 4.05. The lowest BCUT2D eigenvalue weighted by molar-refractivity contribution is 0.0962. The lowest BCUT2D eigenvalue weighted by Gasteiger charge is -2.43. The van der Waals surface area contributed by atoms with E-state index in [-0.39, 0.29) is 0 Å². The van der Waals surface area contributed by atoms with E-state index in [1.54, 1.807) is 6.26 Å². The van der Waals surface area contributed by atoms with Gasteiger partial charge in [-0.15, -0.1) is 0 Å². The molecule has 4 nitrogen and oxygen atoms in total. The summed E-state index contributed by atoms with van der Waals surface area (Å²) in [6, 6.07) is 15.6. The van der Waals surface area contributed by atoms with E-state index >= 15 is 0 Å². The first-order valence-electron chi connectivity index (χ1n) is 9.17. The van der Waals surface area contributed by atoms with Gasteiger partial charge in [-0.2, -0.15) is 0 Å². The minimum Gasteiger partial charge on any atom is -0.468 e. The predicted molar refractivity (Wildman–Crippen MR) is 97.2 cm³/mol. The topological polar surface area (TPSA) is 22.9 Å². The van der Waals surface area contributed by atoms with Gasteiger partial charge < -0.3 is 9.32 Å². The fraction of sp³-hybridized carbons (Fsp3) is 0.500. The number of furan rings is 1. The monoisotopic (exact) mass is 325 g/mol. The average molecular weight is 325 g/mol. The van der Waals surface area contributed by atoms with Crippen molar-refractivity contribution in [3.8, 4) is 0 Å². The van der Waals surface area contributed by atoms with Gasteiger partial charge in [-0.05, 0) is 37.1 Å². The van der Waals surface area contributed by atoms with Crippen molar-refractivity contribution in [1.29, 1.82) is 0 Å². The molecule has 0 atom stereocenters. The number of piperazine rings is 1. The number of rotatable bonds is 4. The molecule has 1 aromatic carbocycles. The molecule has 3 heterocycles. The highest BCUT2D eigenvalue weighted by molar-refractivity contribution is 5.46. The molecular weight excluding hydrogens is 298 g/mol. The summed E-state index contributed by atoms with van der Waals surface area (Å²) in [4.78, 5) is 7.75. The van der Waals surface area contributed by atoms with Gasteiger partial charge >= 0.3 is 0 Å². The zero-order chi connectivity index (χ0) is 16.2. The molecule has 0 amide bonds. The van der Waals surface area contributed by atoms with E-state index in [9.17, 15) is 0 Å². The molecule has 0 aliphatic carbocycles. The third-order valence-electron chi connectivity index (χ3n) is 5.47. The van der Waals surface area contributed by atoms with Crippen LogP contribution in [0, 0.1) is 0 Å². The molecule has 128 valence electrons. The van der Waals surface area contributed by atoms with Gasteiger partial charge in [0, 0.05) is 51.0 Å². The summed E-state index contributed by atoms with van der Waals surface area (Å²) in [5.74, 6) is 1.09. The van der Waals surface area contributed by atoms with Gasteiger partial charge in [0.1, 0.15) is 5.76 Å². The van der Waals surface area contributed by atoms with Gasteiger partial charge in [-0.25, -0.2) is 0 Å². The quantitative estimate of drug-likeness (QED) is 0.862. The summed E-state index contributed by atoms with van der Waals surface area (Å²) in [6.45, 7) is 8.01.